The summed E-state index contributed by atoms with van der Waals surface area (Å²) in [5.74, 6) is -4.32. The number of unbranched alkanes of at least 4 members (excludes halogenated alkanes) is 1. The summed E-state index contributed by atoms with van der Waals surface area (Å²) in [6.45, 7) is 3.22. The first kappa shape index (κ1) is 37.1. The van der Waals surface area contributed by atoms with Crippen molar-refractivity contribution in [2.24, 2.45) is 0 Å². The average Bonchev–Trinajstić information content (AvgIpc) is 3.14. The van der Waals surface area contributed by atoms with E-state index in [2.05, 4.69) is 5.32 Å². The third-order valence-electron chi connectivity index (χ3n) is 10.1. The normalized spacial score (nSPS) is 25.1. The van der Waals surface area contributed by atoms with Crippen molar-refractivity contribution in [2.75, 3.05) is 13.7 Å². The van der Waals surface area contributed by atoms with Gasteiger partial charge in [0.1, 0.15) is 22.8 Å². The number of phenols is 2. The Morgan fingerprint density at radius 2 is 1.73 bits per heavy atom. The molecule has 6 atom stereocenters. The molecule has 3 aromatic rings. The fourth-order valence-electron chi connectivity index (χ4n) is 7.29. The first-order chi connectivity index (χ1) is 24.9. The minimum Gasteiger partial charge on any atom is -0.507 e. The zero-order valence-corrected chi connectivity index (χ0v) is 29.2. The molecule has 1 aliphatic heterocycles. The highest BCUT2D eigenvalue weighted by Gasteiger charge is 2.50. The third-order valence-corrected chi connectivity index (χ3v) is 10.1. The molecule has 0 amide bonds. The van der Waals surface area contributed by atoms with Crippen LogP contribution in [-0.4, -0.2) is 87.6 Å². The Bertz CT molecular complexity index is 1880. The Labute approximate surface area is 300 Å². The van der Waals surface area contributed by atoms with Crippen LogP contribution in [-0.2, 0) is 36.8 Å². The molecule has 5 N–H and O–H groups in total. The number of benzene rings is 3. The molecule has 0 radical (unpaired) electrons. The molecule has 0 saturated carbocycles. The Hall–Kier alpha value is -4.66. The van der Waals surface area contributed by atoms with E-state index in [0.717, 1.165) is 12.0 Å². The van der Waals surface area contributed by atoms with Gasteiger partial charge in [-0.25, -0.2) is 0 Å². The Kier molecular flexibility index (Phi) is 10.8. The fraction of sp³-hybridized carbons (Fsp3) is 0.436. The predicted octanol–water partition coefficient (Wildman–Crippen LogP) is 3.57. The smallest absolute Gasteiger partial charge is 0.306 e. The van der Waals surface area contributed by atoms with Crippen molar-refractivity contribution in [3.63, 3.8) is 0 Å². The van der Waals surface area contributed by atoms with Crippen molar-refractivity contribution in [1.82, 2.24) is 5.32 Å². The van der Waals surface area contributed by atoms with Crippen molar-refractivity contribution < 1.29 is 58.6 Å². The summed E-state index contributed by atoms with van der Waals surface area (Å²) < 4.78 is 22.9. The Balaban J connectivity index is 1.38. The summed E-state index contributed by atoms with van der Waals surface area (Å²) >= 11 is 0. The quantitative estimate of drug-likeness (QED) is 0.105. The van der Waals surface area contributed by atoms with Crippen molar-refractivity contribution in [3.05, 3.63) is 87.5 Å². The maximum Gasteiger partial charge on any atom is 0.306 e. The molecule has 0 aromatic heterocycles. The number of Topliss-reactive ketones (excluding diaryl/α,β-unsaturated/α-hetero) is 1. The molecule has 1 saturated heterocycles. The van der Waals surface area contributed by atoms with Gasteiger partial charge in [-0.05, 0) is 25.0 Å². The highest BCUT2D eigenvalue weighted by molar-refractivity contribution is 6.31. The largest absolute Gasteiger partial charge is 0.507 e. The summed E-state index contributed by atoms with van der Waals surface area (Å²) in [5, 5.41) is 49.8. The molecule has 6 unspecified atom stereocenters. The van der Waals surface area contributed by atoms with Crippen molar-refractivity contribution >= 4 is 23.3 Å². The van der Waals surface area contributed by atoms with E-state index in [1.807, 2.05) is 37.3 Å². The van der Waals surface area contributed by atoms with Crippen molar-refractivity contribution in [1.29, 1.82) is 0 Å². The van der Waals surface area contributed by atoms with Crippen LogP contribution in [0.1, 0.15) is 101 Å². The molecule has 1 fully saturated rings. The zero-order chi connectivity index (χ0) is 37.3. The Morgan fingerprint density at radius 1 is 1.00 bits per heavy atom. The number of aliphatic hydroxyl groups excluding tert-OH is 1. The number of methoxy groups -OCH3 is 1. The number of fused-ring (bicyclic) bond motifs is 3. The van der Waals surface area contributed by atoms with E-state index in [9.17, 15) is 39.6 Å². The molecular formula is C39H43NO12. The van der Waals surface area contributed by atoms with Crippen LogP contribution in [0, 0.1) is 0 Å². The third kappa shape index (κ3) is 6.94. The topological polar surface area (TPSA) is 198 Å². The number of rotatable bonds is 12. The molecule has 52 heavy (non-hydrogen) atoms. The van der Waals surface area contributed by atoms with Crippen LogP contribution in [0.15, 0.2) is 48.5 Å². The monoisotopic (exact) mass is 717 g/mol. The van der Waals surface area contributed by atoms with Gasteiger partial charge in [0, 0.05) is 55.0 Å². The van der Waals surface area contributed by atoms with Gasteiger partial charge in [-0.3, -0.25) is 19.2 Å². The lowest BCUT2D eigenvalue weighted by atomic mass is 9.72. The standard InChI is InChI=1S/C39H43NO12/c1-4-5-14-28(42)50-19-27(41)39(48)16-23-31(38(47)33-32(36(23)45)35(44)22-12-9-13-25(49-3)30(22)37(33)46)26(17-39)52-29-15-24(34(43)20(2)51-29)40-18-21-10-7-6-8-11-21/h6-13,20,24,26,29,34,40,43,45,47-48H,4-5,14-19H2,1-3H3. The number of hydrogen-bond donors (Lipinski definition) is 5. The second-order valence-corrected chi connectivity index (χ2v) is 13.6. The van der Waals surface area contributed by atoms with E-state index in [1.165, 1.54) is 25.3 Å². The number of carbonyl (C=O) groups excluding carboxylic acids is 4. The van der Waals surface area contributed by atoms with Gasteiger partial charge in [-0.1, -0.05) is 55.8 Å². The number of aliphatic hydroxyl groups is 2. The molecule has 0 spiro atoms. The average molecular weight is 718 g/mol. The lowest BCUT2D eigenvalue weighted by Gasteiger charge is -2.43. The van der Waals surface area contributed by atoms with E-state index < -0.39 is 102 Å². The van der Waals surface area contributed by atoms with E-state index in [4.69, 9.17) is 18.9 Å². The van der Waals surface area contributed by atoms with E-state index >= 15 is 0 Å². The lowest BCUT2D eigenvalue weighted by Crippen LogP contribution is -2.54. The summed E-state index contributed by atoms with van der Waals surface area (Å²) in [5.41, 5.74) is -2.71. The van der Waals surface area contributed by atoms with Crippen LogP contribution in [0.25, 0.3) is 0 Å². The van der Waals surface area contributed by atoms with E-state index in [0.29, 0.717) is 13.0 Å². The first-order valence-electron chi connectivity index (χ1n) is 17.4. The molecule has 0 bridgehead atoms. The molecule has 13 nitrogen and oxygen atoms in total. The highest BCUT2D eigenvalue weighted by Crippen LogP contribution is 2.52. The number of ether oxygens (including phenoxy) is 4. The van der Waals surface area contributed by atoms with Crippen LogP contribution < -0.4 is 10.1 Å². The summed E-state index contributed by atoms with van der Waals surface area (Å²) in [6.07, 6.45) is -3.71. The van der Waals surface area contributed by atoms with Gasteiger partial charge in [0.15, 0.2) is 18.7 Å². The molecule has 2 aliphatic carbocycles. The Morgan fingerprint density at radius 3 is 2.44 bits per heavy atom. The van der Waals surface area contributed by atoms with Gasteiger partial charge in [0.25, 0.3) is 0 Å². The van der Waals surface area contributed by atoms with E-state index in [1.54, 1.807) is 6.92 Å². The van der Waals surface area contributed by atoms with E-state index in [-0.39, 0.29) is 40.8 Å². The SMILES string of the molecule is CCCCC(=O)OCC(=O)C1(O)Cc2c(O)c3c(c(O)c2C(OC2CC(NCc4ccccc4)C(O)C(C)O2)C1)C(=O)c1c(OC)cccc1C3=O. The maximum absolute atomic E-state index is 14.0. The van der Waals surface area contributed by atoms with Crippen LogP contribution in [0.2, 0.25) is 0 Å². The second-order valence-electron chi connectivity index (χ2n) is 13.6. The summed E-state index contributed by atoms with van der Waals surface area (Å²) in [6, 6.07) is 13.4. The van der Waals surface area contributed by atoms with Crippen molar-refractivity contribution in [2.45, 2.75) is 95.2 Å². The summed E-state index contributed by atoms with van der Waals surface area (Å²) in [4.78, 5) is 53.7. The van der Waals surface area contributed by atoms with Crippen LogP contribution >= 0.6 is 0 Å². The predicted molar refractivity (Wildman–Crippen MR) is 184 cm³/mol. The summed E-state index contributed by atoms with van der Waals surface area (Å²) in [7, 11) is 1.33. The zero-order valence-electron chi connectivity index (χ0n) is 29.2. The maximum atomic E-state index is 14.0. The number of phenolic OH excluding ortho intramolecular Hbond substituents is 2. The molecule has 1 heterocycles. The van der Waals surface area contributed by atoms with Gasteiger partial charge >= 0.3 is 5.97 Å². The van der Waals surface area contributed by atoms with Gasteiger partial charge in [-0.2, -0.15) is 0 Å². The number of nitrogens with one attached hydrogen (secondary N) is 1. The fourth-order valence-corrected chi connectivity index (χ4v) is 7.29. The number of aromatic hydroxyl groups is 2. The van der Waals surface area contributed by atoms with Gasteiger partial charge in [0.2, 0.25) is 11.6 Å². The van der Waals surface area contributed by atoms with Crippen LogP contribution in [0.5, 0.6) is 17.2 Å². The molecule has 13 heteroatoms. The lowest BCUT2D eigenvalue weighted by molar-refractivity contribution is -0.250. The van der Waals surface area contributed by atoms with Crippen molar-refractivity contribution in [3.8, 4) is 17.2 Å². The minimum atomic E-state index is -2.30. The molecule has 6 rings (SSSR count). The van der Waals surface area contributed by atoms with Gasteiger partial charge in [0.05, 0.1) is 42.1 Å². The number of carbonyl (C=O) groups is 4. The molecule has 276 valence electrons. The minimum absolute atomic E-state index is 0.0577. The van der Waals surface area contributed by atoms with Crippen LogP contribution in [0.3, 0.4) is 0 Å². The molecular weight excluding hydrogens is 674 g/mol. The second kappa shape index (κ2) is 15.1. The number of esters is 1. The van der Waals surface area contributed by atoms with Gasteiger partial charge in [-0.15, -0.1) is 0 Å². The molecule has 3 aromatic carbocycles. The first-order valence-corrected chi connectivity index (χ1v) is 17.4. The highest BCUT2D eigenvalue weighted by atomic mass is 16.7. The van der Waals surface area contributed by atoms with Crippen LogP contribution in [0.4, 0.5) is 0 Å². The van der Waals surface area contributed by atoms with Gasteiger partial charge < -0.3 is 44.7 Å². The number of ketones is 3. The number of hydrogen-bond acceptors (Lipinski definition) is 13. The molecule has 3 aliphatic rings.